The number of amides is 3. The van der Waals surface area contributed by atoms with Crippen molar-refractivity contribution in [3.8, 4) is 0 Å². The second kappa shape index (κ2) is 8.92. The fourth-order valence-corrected chi connectivity index (χ4v) is 5.17. The quantitative estimate of drug-likeness (QED) is 0.803. The van der Waals surface area contributed by atoms with Gasteiger partial charge in [-0.25, -0.2) is 4.79 Å². The van der Waals surface area contributed by atoms with E-state index in [0.29, 0.717) is 32.3 Å². The largest absolute Gasteiger partial charge is 0.376 e. The molecule has 3 aliphatic heterocycles. The molecule has 7 heteroatoms. The number of primary amides is 1. The van der Waals surface area contributed by atoms with Crippen molar-refractivity contribution in [1.29, 1.82) is 0 Å². The number of hydrogen-bond donors (Lipinski definition) is 1. The molecule has 7 nitrogen and oxygen atoms in total. The summed E-state index contributed by atoms with van der Waals surface area (Å²) in [6.45, 7) is 3.41. The maximum absolute atomic E-state index is 12.7. The van der Waals surface area contributed by atoms with Crippen LogP contribution < -0.4 is 5.73 Å². The molecule has 2 saturated heterocycles. The van der Waals surface area contributed by atoms with E-state index in [0.717, 1.165) is 42.6 Å². The third kappa shape index (κ3) is 3.98. The number of hydrogen-bond acceptors (Lipinski definition) is 4. The molecule has 0 aromatic heterocycles. The fourth-order valence-electron chi connectivity index (χ4n) is 5.17. The van der Waals surface area contributed by atoms with E-state index in [-0.39, 0.29) is 11.9 Å². The van der Waals surface area contributed by atoms with E-state index < -0.39 is 12.1 Å². The van der Waals surface area contributed by atoms with Crippen molar-refractivity contribution in [2.75, 3.05) is 32.9 Å². The van der Waals surface area contributed by atoms with E-state index in [9.17, 15) is 9.59 Å². The number of rotatable bonds is 3. The van der Waals surface area contributed by atoms with Crippen LogP contribution in [0.5, 0.6) is 0 Å². The molecule has 3 heterocycles. The maximum atomic E-state index is 12.7. The minimum absolute atomic E-state index is 0.0462. The van der Waals surface area contributed by atoms with Gasteiger partial charge in [-0.15, -0.1) is 0 Å². The van der Waals surface area contributed by atoms with Crippen molar-refractivity contribution in [2.24, 2.45) is 5.73 Å². The monoisotopic (exact) mass is 435 g/mol. The molecule has 32 heavy (non-hydrogen) atoms. The molecule has 0 saturated carbocycles. The van der Waals surface area contributed by atoms with Crippen LogP contribution in [-0.2, 0) is 20.8 Å². The van der Waals surface area contributed by atoms with E-state index in [1.165, 1.54) is 5.56 Å². The molecule has 3 amide bonds. The van der Waals surface area contributed by atoms with Gasteiger partial charge < -0.3 is 25.0 Å². The van der Waals surface area contributed by atoms with Crippen molar-refractivity contribution in [3.05, 3.63) is 70.8 Å². The Morgan fingerprint density at radius 2 is 1.66 bits per heavy atom. The zero-order valence-electron chi connectivity index (χ0n) is 18.1. The average Bonchev–Trinajstić information content (AvgIpc) is 3.24. The minimum atomic E-state index is -0.456. The normalized spacial score (nSPS) is 23.8. The van der Waals surface area contributed by atoms with Gasteiger partial charge in [-0.2, -0.15) is 0 Å². The molecule has 0 spiro atoms. The number of carbonyl (C=O) groups is 2. The van der Waals surface area contributed by atoms with Gasteiger partial charge in [0, 0.05) is 19.6 Å². The highest BCUT2D eigenvalue weighted by molar-refractivity contribution is 5.81. The molecule has 0 bridgehead atoms. The summed E-state index contributed by atoms with van der Waals surface area (Å²) >= 11 is 0. The standard InChI is InChI=1S/C25H29N3O4/c26-25(30)28-15-20-3-1-2-4-21(20)23(28)19-7-5-17(6-8-19)18-9-11-27(12-10-18)24(29)22-16-31-13-14-32-22/h1-8,18,22-23H,9-16H2,(H2,26,30). The van der Waals surface area contributed by atoms with Crippen LogP contribution in [0.4, 0.5) is 4.79 Å². The maximum Gasteiger partial charge on any atom is 0.315 e. The van der Waals surface area contributed by atoms with E-state index >= 15 is 0 Å². The number of nitrogens with zero attached hydrogens (tertiary/aromatic N) is 2. The first-order valence-corrected chi connectivity index (χ1v) is 11.3. The summed E-state index contributed by atoms with van der Waals surface area (Å²) in [7, 11) is 0. The molecule has 2 aromatic carbocycles. The number of carbonyl (C=O) groups excluding carboxylic acids is 2. The van der Waals surface area contributed by atoms with Gasteiger partial charge in [0.2, 0.25) is 0 Å². The number of ether oxygens (including phenoxy) is 2. The van der Waals surface area contributed by atoms with Crippen molar-refractivity contribution in [1.82, 2.24) is 9.80 Å². The molecular formula is C25H29N3O4. The van der Waals surface area contributed by atoms with Crippen LogP contribution in [0.1, 0.15) is 47.1 Å². The molecule has 2 fully saturated rings. The molecule has 5 rings (SSSR count). The van der Waals surface area contributed by atoms with Gasteiger partial charge in [-0.1, -0.05) is 48.5 Å². The second-order valence-electron chi connectivity index (χ2n) is 8.77. The van der Waals surface area contributed by atoms with Gasteiger partial charge in [0.05, 0.1) is 25.9 Å². The zero-order chi connectivity index (χ0) is 22.1. The van der Waals surface area contributed by atoms with E-state index in [1.807, 2.05) is 17.0 Å². The van der Waals surface area contributed by atoms with Crippen molar-refractivity contribution < 1.29 is 19.1 Å². The van der Waals surface area contributed by atoms with Crippen molar-refractivity contribution in [2.45, 2.75) is 37.5 Å². The van der Waals surface area contributed by atoms with Gasteiger partial charge in [0.1, 0.15) is 0 Å². The van der Waals surface area contributed by atoms with Crippen LogP contribution >= 0.6 is 0 Å². The number of benzene rings is 2. The molecule has 2 N–H and O–H groups in total. The minimum Gasteiger partial charge on any atom is -0.376 e. The average molecular weight is 436 g/mol. The van der Waals surface area contributed by atoms with E-state index in [1.54, 1.807) is 4.90 Å². The molecule has 0 aliphatic carbocycles. The number of nitrogens with two attached hydrogens (primary N) is 1. The second-order valence-corrected chi connectivity index (χ2v) is 8.77. The Hall–Kier alpha value is -2.90. The summed E-state index contributed by atoms with van der Waals surface area (Å²) in [5.74, 6) is 0.463. The lowest BCUT2D eigenvalue weighted by Gasteiger charge is -2.35. The number of fused-ring (bicyclic) bond motifs is 1. The van der Waals surface area contributed by atoms with E-state index in [2.05, 4.69) is 36.4 Å². The first kappa shape index (κ1) is 21.0. The summed E-state index contributed by atoms with van der Waals surface area (Å²) in [4.78, 5) is 28.4. The number of piperidine rings is 1. The summed E-state index contributed by atoms with van der Waals surface area (Å²) in [6.07, 6.45) is 1.40. The number of urea groups is 1. The summed E-state index contributed by atoms with van der Waals surface area (Å²) in [6, 6.07) is 16.1. The van der Waals surface area contributed by atoms with E-state index in [4.69, 9.17) is 15.2 Å². The van der Waals surface area contributed by atoms with Crippen LogP contribution in [-0.4, -0.2) is 60.8 Å². The Morgan fingerprint density at radius 3 is 2.34 bits per heavy atom. The predicted octanol–water partition coefficient (Wildman–Crippen LogP) is 2.79. The van der Waals surface area contributed by atoms with Crippen LogP contribution in [0.3, 0.4) is 0 Å². The molecule has 2 unspecified atom stereocenters. The topological polar surface area (TPSA) is 85.1 Å². The zero-order valence-corrected chi connectivity index (χ0v) is 18.1. The molecule has 168 valence electrons. The Bertz CT molecular complexity index is 979. The van der Waals surface area contributed by atoms with Crippen LogP contribution in [0, 0.1) is 0 Å². The third-order valence-electron chi connectivity index (χ3n) is 6.91. The van der Waals surface area contributed by atoms with Gasteiger partial charge in [0.15, 0.2) is 6.10 Å². The van der Waals surface area contributed by atoms with Crippen LogP contribution in [0.25, 0.3) is 0 Å². The summed E-state index contributed by atoms with van der Waals surface area (Å²) < 4.78 is 10.9. The Labute approximate surface area is 188 Å². The highest BCUT2D eigenvalue weighted by Gasteiger charge is 2.34. The lowest BCUT2D eigenvalue weighted by Crippen LogP contribution is -2.47. The smallest absolute Gasteiger partial charge is 0.315 e. The lowest BCUT2D eigenvalue weighted by molar-refractivity contribution is -0.158. The highest BCUT2D eigenvalue weighted by Crippen LogP contribution is 2.39. The third-order valence-corrected chi connectivity index (χ3v) is 6.91. The van der Waals surface area contributed by atoms with Gasteiger partial charge in [-0.3, -0.25) is 4.79 Å². The molecule has 3 aliphatic rings. The predicted molar refractivity (Wildman–Crippen MR) is 119 cm³/mol. The van der Waals surface area contributed by atoms with Gasteiger partial charge in [-0.05, 0) is 41.0 Å². The van der Waals surface area contributed by atoms with Gasteiger partial charge >= 0.3 is 6.03 Å². The first-order valence-electron chi connectivity index (χ1n) is 11.3. The number of likely N-dealkylation sites (tertiary alicyclic amines) is 1. The SMILES string of the molecule is NC(=O)N1Cc2ccccc2C1c1ccc(C2CCN(C(=O)C3COCCO3)CC2)cc1. The molecule has 2 atom stereocenters. The Kier molecular flexibility index (Phi) is 5.85. The molecular weight excluding hydrogens is 406 g/mol. The highest BCUT2D eigenvalue weighted by atomic mass is 16.6. The Balaban J connectivity index is 1.25. The first-order chi connectivity index (χ1) is 15.6. The lowest BCUT2D eigenvalue weighted by atomic mass is 9.87. The van der Waals surface area contributed by atoms with Crippen LogP contribution in [0.2, 0.25) is 0 Å². The summed E-state index contributed by atoms with van der Waals surface area (Å²) in [5.41, 5.74) is 10.3. The fraction of sp³-hybridized carbons (Fsp3) is 0.440. The van der Waals surface area contributed by atoms with Crippen molar-refractivity contribution in [3.63, 3.8) is 0 Å². The van der Waals surface area contributed by atoms with Crippen LogP contribution in [0.15, 0.2) is 48.5 Å². The van der Waals surface area contributed by atoms with Crippen molar-refractivity contribution >= 4 is 11.9 Å². The molecule has 2 aromatic rings. The molecule has 0 radical (unpaired) electrons. The Morgan fingerprint density at radius 1 is 0.938 bits per heavy atom. The summed E-state index contributed by atoms with van der Waals surface area (Å²) in [5, 5.41) is 0. The van der Waals surface area contributed by atoms with Gasteiger partial charge in [0.25, 0.3) is 5.91 Å².